The van der Waals surface area contributed by atoms with Crippen LogP contribution in [0.15, 0.2) is 52.1 Å². The van der Waals surface area contributed by atoms with Crippen LogP contribution in [0.5, 0.6) is 0 Å². The Morgan fingerprint density at radius 1 is 1.00 bits per heavy atom. The predicted molar refractivity (Wildman–Crippen MR) is 86.2 cm³/mol. The van der Waals surface area contributed by atoms with E-state index in [2.05, 4.69) is 5.32 Å². The fourth-order valence-corrected chi connectivity index (χ4v) is 2.34. The summed E-state index contributed by atoms with van der Waals surface area (Å²) in [4.78, 5) is 23.6. The van der Waals surface area contributed by atoms with Crippen LogP contribution in [0.1, 0.15) is 5.56 Å². The predicted octanol–water partition coefficient (Wildman–Crippen LogP) is 3.79. The van der Waals surface area contributed by atoms with Crippen LogP contribution in [-0.4, -0.2) is 0 Å². The molecule has 3 aromatic rings. The number of hydrogen-bond acceptors (Lipinski definition) is 3. The van der Waals surface area contributed by atoms with Crippen molar-refractivity contribution in [3.05, 3.63) is 79.3 Å². The molecule has 0 saturated carbocycles. The maximum Gasteiger partial charge on any atom is 0.250 e. The quantitative estimate of drug-likeness (QED) is 0.748. The summed E-state index contributed by atoms with van der Waals surface area (Å²) >= 11 is 5.82. The molecule has 0 spiro atoms. The number of aryl methyl sites for hydroxylation is 1. The summed E-state index contributed by atoms with van der Waals surface area (Å²) in [5, 5.41) is 3.37. The molecule has 0 aromatic heterocycles. The second-order valence-corrected chi connectivity index (χ2v) is 5.44. The SMILES string of the molecule is Cc1ccc(Nc2c(-c3ccc(Cl)cc3)c(=O)c2=O)cc1F. The van der Waals surface area contributed by atoms with Crippen LogP contribution in [0.25, 0.3) is 11.1 Å². The van der Waals surface area contributed by atoms with Crippen LogP contribution in [0.2, 0.25) is 5.02 Å². The van der Waals surface area contributed by atoms with Gasteiger partial charge in [0, 0.05) is 10.7 Å². The van der Waals surface area contributed by atoms with Gasteiger partial charge < -0.3 is 5.32 Å². The molecule has 1 N–H and O–H groups in total. The molecule has 0 aliphatic heterocycles. The Kier molecular flexibility index (Phi) is 3.54. The third-order valence-electron chi connectivity index (χ3n) is 3.48. The van der Waals surface area contributed by atoms with Crippen molar-refractivity contribution in [2.24, 2.45) is 0 Å². The highest BCUT2D eigenvalue weighted by Crippen LogP contribution is 2.27. The molecular formula is C17H11ClFNO2. The number of hydrogen-bond donors (Lipinski definition) is 1. The largest absolute Gasteiger partial charge is 0.352 e. The molecule has 0 aliphatic rings. The second kappa shape index (κ2) is 5.39. The molecule has 5 heteroatoms. The summed E-state index contributed by atoms with van der Waals surface area (Å²) in [6, 6.07) is 11.2. The summed E-state index contributed by atoms with van der Waals surface area (Å²) in [7, 11) is 0. The monoisotopic (exact) mass is 315 g/mol. The number of rotatable bonds is 3. The Hall–Kier alpha value is -2.46. The van der Waals surface area contributed by atoms with E-state index in [4.69, 9.17) is 11.6 Å². The van der Waals surface area contributed by atoms with Crippen LogP contribution in [0.4, 0.5) is 15.8 Å². The normalized spacial score (nSPS) is 10.9. The average Bonchev–Trinajstić information content (AvgIpc) is 2.51. The first-order valence-corrected chi connectivity index (χ1v) is 6.97. The molecule has 0 aliphatic carbocycles. The molecule has 110 valence electrons. The summed E-state index contributed by atoms with van der Waals surface area (Å²) in [5.41, 5.74) is 0.838. The zero-order valence-corrected chi connectivity index (χ0v) is 12.4. The Morgan fingerprint density at radius 3 is 2.32 bits per heavy atom. The van der Waals surface area contributed by atoms with Gasteiger partial charge in [-0.1, -0.05) is 29.8 Å². The topological polar surface area (TPSA) is 46.2 Å². The summed E-state index contributed by atoms with van der Waals surface area (Å²) in [6.07, 6.45) is 0. The lowest BCUT2D eigenvalue weighted by Gasteiger charge is -2.14. The first kappa shape index (κ1) is 14.5. The van der Waals surface area contributed by atoms with E-state index in [9.17, 15) is 14.0 Å². The fraction of sp³-hybridized carbons (Fsp3) is 0.0588. The second-order valence-electron chi connectivity index (χ2n) is 5.00. The summed E-state index contributed by atoms with van der Waals surface area (Å²) in [6.45, 7) is 1.65. The molecule has 0 amide bonds. The fourth-order valence-electron chi connectivity index (χ4n) is 2.22. The van der Waals surface area contributed by atoms with Crippen LogP contribution in [-0.2, 0) is 0 Å². The molecule has 0 radical (unpaired) electrons. The molecule has 0 fully saturated rings. The van der Waals surface area contributed by atoms with E-state index >= 15 is 0 Å². The van der Waals surface area contributed by atoms with Crippen molar-refractivity contribution in [1.29, 1.82) is 0 Å². The van der Waals surface area contributed by atoms with E-state index in [1.807, 2.05) is 0 Å². The van der Waals surface area contributed by atoms with Gasteiger partial charge in [0.15, 0.2) is 0 Å². The molecule has 3 nitrogen and oxygen atoms in total. The minimum atomic E-state index is -0.606. The van der Waals surface area contributed by atoms with Crippen molar-refractivity contribution < 1.29 is 4.39 Å². The van der Waals surface area contributed by atoms with E-state index in [-0.39, 0.29) is 11.5 Å². The zero-order chi connectivity index (χ0) is 15.9. The van der Waals surface area contributed by atoms with Gasteiger partial charge >= 0.3 is 0 Å². The van der Waals surface area contributed by atoms with Crippen molar-refractivity contribution in [1.82, 2.24) is 0 Å². The van der Waals surface area contributed by atoms with Crippen molar-refractivity contribution in [2.75, 3.05) is 5.32 Å². The van der Waals surface area contributed by atoms with Crippen molar-refractivity contribution in [3.8, 4) is 11.1 Å². The van der Waals surface area contributed by atoms with Gasteiger partial charge in [-0.2, -0.15) is 0 Å². The minimum Gasteiger partial charge on any atom is -0.352 e. The van der Waals surface area contributed by atoms with Crippen molar-refractivity contribution in [2.45, 2.75) is 6.92 Å². The van der Waals surface area contributed by atoms with E-state index in [1.165, 1.54) is 6.07 Å². The van der Waals surface area contributed by atoms with Crippen molar-refractivity contribution >= 4 is 23.0 Å². The Balaban J connectivity index is 2.00. The molecule has 3 rings (SSSR count). The molecule has 0 atom stereocenters. The van der Waals surface area contributed by atoms with Gasteiger partial charge in [-0.15, -0.1) is 0 Å². The number of halogens is 2. The van der Waals surface area contributed by atoms with Gasteiger partial charge in [0.1, 0.15) is 11.5 Å². The summed E-state index contributed by atoms with van der Waals surface area (Å²) < 4.78 is 13.6. The maximum atomic E-state index is 13.6. The maximum absolute atomic E-state index is 13.6. The van der Waals surface area contributed by atoms with Gasteiger partial charge in [0.25, 0.3) is 5.43 Å². The minimum absolute atomic E-state index is 0.176. The number of benzene rings is 2. The average molecular weight is 316 g/mol. The van der Waals surface area contributed by atoms with Crippen LogP contribution < -0.4 is 16.2 Å². The van der Waals surface area contributed by atoms with Crippen molar-refractivity contribution in [3.63, 3.8) is 0 Å². The first-order chi connectivity index (χ1) is 10.5. The van der Waals surface area contributed by atoms with E-state index in [0.29, 0.717) is 27.4 Å². The van der Waals surface area contributed by atoms with Crippen LogP contribution in [0, 0.1) is 12.7 Å². The highest BCUT2D eigenvalue weighted by atomic mass is 35.5. The first-order valence-electron chi connectivity index (χ1n) is 6.60. The molecule has 3 aromatic carbocycles. The molecule has 0 heterocycles. The van der Waals surface area contributed by atoms with Gasteiger partial charge in [0.2, 0.25) is 5.43 Å². The lowest BCUT2D eigenvalue weighted by atomic mass is 9.98. The van der Waals surface area contributed by atoms with Crippen LogP contribution in [0.3, 0.4) is 0 Å². The van der Waals surface area contributed by atoms with E-state index in [1.54, 1.807) is 43.3 Å². The number of anilines is 2. The molecule has 0 bridgehead atoms. The summed E-state index contributed by atoms with van der Waals surface area (Å²) in [5.74, 6) is -0.378. The molecule has 22 heavy (non-hydrogen) atoms. The Labute approximate surface area is 130 Å². The Morgan fingerprint density at radius 2 is 1.68 bits per heavy atom. The van der Waals surface area contributed by atoms with Gasteiger partial charge in [-0.25, -0.2) is 4.39 Å². The van der Waals surface area contributed by atoms with E-state index < -0.39 is 10.9 Å². The highest BCUT2D eigenvalue weighted by Gasteiger charge is 2.22. The third kappa shape index (κ3) is 2.42. The smallest absolute Gasteiger partial charge is 0.250 e. The zero-order valence-electron chi connectivity index (χ0n) is 11.6. The molecular weight excluding hydrogens is 305 g/mol. The van der Waals surface area contributed by atoms with Gasteiger partial charge in [0.05, 0.1) is 5.56 Å². The molecule has 0 saturated heterocycles. The third-order valence-corrected chi connectivity index (χ3v) is 3.74. The lowest BCUT2D eigenvalue weighted by molar-refractivity contribution is 0.619. The Bertz CT molecular complexity index is 925. The molecule has 0 unspecified atom stereocenters. The van der Waals surface area contributed by atoms with Gasteiger partial charge in [-0.3, -0.25) is 9.59 Å². The van der Waals surface area contributed by atoms with Crippen LogP contribution >= 0.6 is 11.6 Å². The number of nitrogens with one attached hydrogen (secondary N) is 1. The standard InChI is InChI=1S/C17H11ClFNO2/c1-9-2-7-12(8-13(9)19)20-15-14(16(21)17(15)22)10-3-5-11(18)6-4-10/h2-8,20H,1H3. The highest BCUT2D eigenvalue weighted by molar-refractivity contribution is 6.30. The lowest BCUT2D eigenvalue weighted by Crippen LogP contribution is -2.35. The van der Waals surface area contributed by atoms with Gasteiger partial charge in [-0.05, 0) is 42.3 Å². The van der Waals surface area contributed by atoms with E-state index in [0.717, 1.165) is 0 Å².